The van der Waals surface area contributed by atoms with E-state index in [9.17, 15) is 24.1 Å². The molecular weight excluding hydrogens is 383 g/mol. The van der Waals surface area contributed by atoms with Crippen molar-refractivity contribution >= 4 is 34.9 Å². The summed E-state index contributed by atoms with van der Waals surface area (Å²) in [6.07, 6.45) is -1.05. The van der Waals surface area contributed by atoms with Crippen molar-refractivity contribution in [2.75, 3.05) is 11.9 Å². The molecule has 0 bridgehead atoms. The molecule has 142 valence electrons. The number of esters is 1. The predicted octanol–water partition coefficient (Wildman–Crippen LogP) is 3.34. The van der Waals surface area contributed by atoms with Gasteiger partial charge >= 0.3 is 5.97 Å². The Kier molecular flexibility index (Phi) is 6.67. The number of nitrogens with one attached hydrogen (secondary N) is 1. The molecule has 8 nitrogen and oxygen atoms in total. The predicted molar refractivity (Wildman–Crippen MR) is 94.2 cm³/mol. The normalized spacial score (nSPS) is 11.4. The van der Waals surface area contributed by atoms with Crippen molar-refractivity contribution in [1.29, 1.82) is 0 Å². The highest BCUT2D eigenvalue weighted by Gasteiger charge is 2.20. The lowest BCUT2D eigenvalue weighted by molar-refractivity contribution is -0.383. The van der Waals surface area contributed by atoms with E-state index in [1.165, 1.54) is 43.3 Å². The number of ether oxygens (including phenoxy) is 2. The Morgan fingerprint density at radius 1 is 1.26 bits per heavy atom. The number of nitro benzene ring substituents is 1. The Morgan fingerprint density at radius 3 is 2.56 bits per heavy atom. The van der Waals surface area contributed by atoms with Crippen molar-refractivity contribution in [3.05, 3.63) is 63.4 Å². The molecule has 0 aliphatic heterocycles. The molecule has 0 aromatic heterocycles. The van der Waals surface area contributed by atoms with Gasteiger partial charge in [0.2, 0.25) is 0 Å². The molecule has 2 aromatic rings. The van der Waals surface area contributed by atoms with Gasteiger partial charge in [-0.2, -0.15) is 0 Å². The van der Waals surface area contributed by atoms with Crippen LogP contribution in [0.3, 0.4) is 0 Å². The number of rotatable bonds is 7. The number of anilines is 1. The summed E-state index contributed by atoms with van der Waals surface area (Å²) in [5.74, 6) is -1.83. The highest BCUT2D eigenvalue weighted by molar-refractivity contribution is 6.31. The van der Waals surface area contributed by atoms with Crippen LogP contribution < -0.4 is 10.1 Å². The first-order valence-corrected chi connectivity index (χ1v) is 7.96. The van der Waals surface area contributed by atoms with E-state index in [0.717, 1.165) is 6.07 Å². The first-order valence-electron chi connectivity index (χ1n) is 7.59. The molecule has 0 heterocycles. The number of hydrogen-bond donors (Lipinski definition) is 1. The van der Waals surface area contributed by atoms with Crippen LogP contribution in [0.4, 0.5) is 15.8 Å². The highest BCUT2D eigenvalue weighted by Crippen LogP contribution is 2.27. The van der Waals surface area contributed by atoms with Crippen LogP contribution in [0.25, 0.3) is 0 Å². The molecule has 2 rings (SSSR count). The van der Waals surface area contributed by atoms with Gasteiger partial charge in [0, 0.05) is 11.1 Å². The van der Waals surface area contributed by atoms with E-state index in [2.05, 4.69) is 5.32 Å². The lowest BCUT2D eigenvalue weighted by atomic mass is 10.2. The third-order valence-electron chi connectivity index (χ3n) is 3.23. The molecule has 1 atom stereocenters. The standard InChI is InChI=1S/C17H14ClFN2O6/c1-10(27-13-5-3-12(19)4-6-13)17(23)26-9-16(22)20-14-8-11(18)2-7-15(14)21(24)25/h2-8,10H,9H2,1H3,(H,20,22)/t10-/m0/s1. The van der Waals surface area contributed by atoms with Crippen molar-refractivity contribution in [1.82, 2.24) is 0 Å². The van der Waals surface area contributed by atoms with Gasteiger partial charge < -0.3 is 14.8 Å². The molecule has 0 saturated carbocycles. The molecule has 1 N–H and O–H groups in total. The Hall–Kier alpha value is -3.20. The van der Waals surface area contributed by atoms with Crippen molar-refractivity contribution < 1.29 is 28.4 Å². The van der Waals surface area contributed by atoms with Crippen molar-refractivity contribution in [3.63, 3.8) is 0 Å². The molecular formula is C17H14ClFN2O6. The number of halogens is 2. The second-order valence-electron chi connectivity index (χ2n) is 5.29. The quantitative estimate of drug-likeness (QED) is 0.437. The number of carbonyl (C=O) groups is 2. The molecule has 1 amide bonds. The molecule has 0 saturated heterocycles. The topological polar surface area (TPSA) is 108 Å². The largest absolute Gasteiger partial charge is 0.479 e. The van der Waals surface area contributed by atoms with E-state index in [1.54, 1.807) is 0 Å². The highest BCUT2D eigenvalue weighted by atomic mass is 35.5. The summed E-state index contributed by atoms with van der Waals surface area (Å²) in [4.78, 5) is 34.0. The Bertz CT molecular complexity index is 859. The SMILES string of the molecule is C[C@H](Oc1ccc(F)cc1)C(=O)OCC(=O)Nc1cc(Cl)ccc1[N+](=O)[O-]. The van der Waals surface area contributed by atoms with E-state index in [-0.39, 0.29) is 22.1 Å². The fraction of sp³-hybridized carbons (Fsp3) is 0.176. The molecule has 10 heteroatoms. The summed E-state index contributed by atoms with van der Waals surface area (Å²) in [6.45, 7) is 0.713. The maximum atomic E-state index is 12.8. The van der Waals surface area contributed by atoms with Crippen LogP contribution in [0.1, 0.15) is 6.92 Å². The van der Waals surface area contributed by atoms with Gasteiger partial charge in [0.1, 0.15) is 17.3 Å². The van der Waals surface area contributed by atoms with Gasteiger partial charge in [0.15, 0.2) is 12.7 Å². The van der Waals surface area contributed by atoms with Crippen LogP contribution >= 0.6 is 11.6 Å². The Labute approximate surface area is 158 Å². The van der Waals surface area contributed by atoms with E-state index < -0.39 is 35.3 Å². The van der Waals surface area contributed by atoms with Crippen molar-refractivity contribution in [2.24, 2.45) is 0 Å². The second-order valence-corrected chi connectivity index (χ2v) is 5.72. The molecule has 0 spiro atoms. The minimum Gasteiger partial charge on any atom is -0.479 e. The van der Waals surface area contributed by atoms with E-state index in [4.69, 9.17) is 21.1 Å². The van der Waals surface area contributed by atoms with Gasteiger partial charge in [0.25, 0.3) is 11.6 Å². The smallest absolute Gasteiger partial charge is 0.347 e. The van der Waals surface area contributed by atoms with Crippen LogP contribution in [0.5, 0.6) is 5.75 Å². The van der Waals surface area contributed by atoms with Gasteiger partial charge in [-0.25, -0.2) is 9.18 Å². The zero-order valence-electron chi connectivity index (χ0n) is 14.0. The number of amides is 1. The van der Waals surface area contributed by atoms with Crippen LogP contribution in [-0.2, 0) is 14.3 Å². The molecule has 27 heavy (non-hydrogen) atoms. The summed E-state index contributed by atoms with van der Waals surface area (Å²) < 4.78 is 22.9. The summed E-state index contributed by atoms with van der Waals surface area (Å²) >= 11 is 5.76. The van der Waals surface area contributed by atoms with E-state index in [1.807, 2.05) is 0 Å². The number of nitro groups is 1. The van der Waals surface area contributed by atoms with Gasteiger partial charge in [-0.3, -0.25) is 14.9 Å². The van der Waals surface area contributed by atoms with Crippen LogP contribution in [0.15, 0.2) is 42.5 Å². The van der Waals surface area contributed by atoms with E-state index in [0.29, 0.717) is 0 Å². The monoisotopic (exact) mass is 396 g/mol. The van der Waals surface area contributed by atoms with Gasteiger partial charge in [-0.15, -0.1) is 0 Å². The average molecular weight is 397 g/mol. The second kappa shape index (κ2) is 8.95. The number of nitrogens with zero attached hydrogens (tertiary/aromatic N) is 1. The lowest BCUT2D eigenvalue weighted by Gasteiger charge is -2.14. The van der Waals surface area contributed by atoms with Crippen LogP contribution in [-0.4, -0.2) is 29.5 Å². The number of hydrogen-bond acceptors (Lipinski definition) is 6. The van der Waals surface area contributed by atoms with Crippen molar-refractivity contribution in [3.8, 4) is 5.75 Å². The first kappa shape index (κ1) is 20.1. The molecule has 0 aliphatic rings. The number of benzene rings is 2. The minimum absolute atomic E-state index is 0.121. The molecule has 0 aliphatic carbocycles. The average Bonchev–Trinajstić information content (AvgIpc) is 2.61. The Morgan fingerprint density at radius 2 is 1.93 bits per heavy atom. The Balaban J connectivity index is 1.89. The van der Waals surface area contributed by atoms with Crippen molar-refractivity contribution in [2.45, 2.75) is 13.0 Å². The zero-order valence-corrected chi connectivity index (χ0v) is 14.7. The van der Waals surface area contributed by atoms with Gasteiger partial charge in [0.05, 0.1) is 4.92 Å². The third kappa shape index (κ3) is 5.93. The van der Waals surface area contributed by atoms with Crippen LogP contribution in [0, 0.1) is 15.9 Å². The zero-order chi connectivity index (χ0) is 20.0. The lowest BCUT2D eigenvalue weighted by Crippen LogP contribution is -2.29. The van der Waals surface area contributed by atoms with Crippen LogP contribution in [0.2, 0.25) is 5.02 Å². The maximum Gasteiger partial charge on any atom is 0.347 e. The molecule has 2 aromatic carbocycles. The van der Waals surface area contributed by atoms with E-state index >= 15 is 0 Å². The van der Waals surface area contributed by atoms with Gasteiger partial charge in [-0.05, 0) is 43.3 Å². The minimum atomic E-state index is -1.05. The first-order chi connectivity index (χ1) is 12.8. The fourth-order valence-electron chi connectivity index (χ4n) is 1.97. The summed E-state index contributed by atoms with van der Waals surface area (Å²) in [5, 5.41) is 13.4. The number of carbonyl (C=O) groups excluding carboxylic acids is 2. The molecule has 0 fully saturated rings. The maximum absolute atomic E-state index is 12.8. The summed E-state index contributed by atoms with van der Waals surface area (Å²) in [5.41, 5.74) is -0.476. The molecule has 0 radical (unpaired) electrons. The summed E-state index contributed by atoms with van der Waals surface area (Å²) in [6, 6.07) is 8.66. The third-order valence-corrected chi connectivity index (χ3v) is 3.47. The fourth-order valence-corrected chi connectivity index (χ4v) is 2.15. The molecule has 0 unspecified atom stereocenters. The summed E-state index contributed by atoms with van der Waals surface area (Å²) in [7, 11) is 0. The van der Waals surface area contributed by atoms with Gasteiger partial charge in [-0.1, -0.05) is 11.6 Å².